The van der Waals surface area contributed by atoms with Crippen molar-refractivity contribution in [3.05, 3.63) is 18.5 Å². The number of likely N-dealkylation sites (tertiary alicyclic amines) is 2. The molecule has 250 valence electrons. The number of piperidine rings is 1. The van der Waals surface area contributed by atoms with Crippen molar-refractivity contribution >= 4 is 34.4 Å². The van der Waals surface area contributed by atoms with Crippen LogP contribution in [0.15, 0.2) is 18.5 Å². The van der Waals surface area contributed by atoms with Crippen LogP contribution in [0.4, 0.5) is 5.82 Å². The number of ether oxygens (including phenoxy) is 1. The van der Waals surface area contributed by atoms with E-state index in [2.05, 4.69) is 28.9 Å². The SMILES string of the molecule is C[C@@H](OCC1CCCCC1)[C@@H](C(=O)N1CCCCC1)C1N(C(=O)[C@H]2CC2(C)C)CC12CN(c1nccc3cn[nH]c13)CC2C(N)=O. The zero-order chi connectivity index (χ0) is 32.2. The molecule has 2 aromatic heterocycles. The van der Waals surface area contributed by atoms with Gasteiger partial charge in [-0.05, 0) is 62.8 Å². The smallest absolute Gasteiger partial charge is 0.230 e. The lowest BCUT2D eigenvalue weighted by Crippen LogP contribution is -2.75. The summed E-state index contributed by atoms with van der Waals surface area (Å²) in [4.78, 5) is 53.2. The molecule has 3 N–H and O–H groups in total. The van der Waals surface area contributed by atoms with Crippen molar-refractivity contribution in [2.45, 2.75) is 90.7 Å². The number of aromatic amines is 1. The van der Waals surface area contributed by atoms with Gasteiger partial charge in [0.25, 0.3) is 0 Å². The highest BCUT2D eigenvalue weighted by atomic mass is 16.5. The van der Waals surface area contributed by atoms with Crippen LogP contribution in [0.25, 0.3) is 10.9 Å². The largest absolute Gasteiger partial charge is 0.377 e. The Bertz CT molecular complexity index is 1460. The van der Waals surface area contributed by atoms with Crippen molar-refractivity contribution in [3.8, 4) is 0 Å². The molecule has 0 radical (unpaired) electrons. The Labute approximate surface area is 272 Å². The Morgan fingerprint density at radius 1 is 1.07 bits per heavy atom. The number of hydrogen-bond donors (Lipinski definition) is 2. The van der Waals surface area contributed by atoms with E-state index in [9.17, 15) is 14.4 Å². The minimum atomic E-state index is -0.705. The van der Waals surface area contributed by atoms with E-state index in [0.29, 0.717) is 51.1 Å². The van der Waals surface area contributed by atoms with Crippen LogP contribution in [-0.2, 0) is 19.1 Å². The predicted octanol–water partition coefficient (Wildman–Crippen LogP) is 3.74. The molecule has 5 heterocycles. The van der Waals surface area contributed by atoms with Gasteiger partial charge in [0, 0.05) is 62.2 Å². The number of fused-ring (bicyclic) bond motifs is 1. The predicted molar refractivity (Wildman–Crippen MR) is 175 cm³/mol. The average Bonchev–Trinajstić information content (AvgIpc) is 3.38. The molecule has 0 bridgehead atoms. The number of aromatic nitrogens is 3. The molecular weight excluding hydrogens is 582 g/mol. The summed E-state index contributed by atoms with van der Waals surface area (Å²) < 4.78 is 6.67. The minimum Gasteiger partial charge on any atom is -0.377 e. The van der Waals surface area contributed by atoms with Gasteiger partial charge >= 0.3 is 0 Å². The van der Waals surface area contributed by atoms with Gasteiger partial charge in [-0.1, -0.05) is 33.1 Å². The van der Waals surface area contributed by atoms with Crippen molar-refractivity contribution in [2.24, 2.45) is 40.2 Å². The first-order valence-corrected chi connectivity index (χ1v) is 17.6. The molecule has 1 spiro atoms. The summed E-state index contributed by atoms with van der Waals surface area (Å²) >= 11 is 0. The Balaban J connectivity index is 1.27. The Hall–Kier alpha value is -3.21. The number of hydrogen-bond acceptors (Lipinski definition) is 7. The van der Waals surface area contributed by atoms with E-state index in [1.54, 1.807) is 12.4 Å². The number of carbonyl (C=O) groups excluding carboxylic acids is 3. The number of anilines is 1. The van der Waals surface area contributed by atoms with Gasteiger partial charge in [-0.25, -0.2) is 4.98 Å². The van der Waals surface area contributed by atoms with Crippen LogP contribution >= 0.6 is 0 Å². The summed E-state index contributed by atoms with van der Waals surface area (Å²) in [6.45, 7) is 9.55. The van der Waals surface area contributed by atoms with Gasteiger partial charge in [0.1, 0.15) is 5.52 Å². The molecule has 6 atom stereocenters. The number of rotatable bonds is 9. The highest BCUT2D eigenvalue weighted by Crippen LogP contribution is 2.58. The Kier molecular flexibility index (Phi) is 8.26. The van der Waals surface area contributed by atoms with Gasteiger partial charge in [-0.15, -0.1) is 0 Å². The quantitative estimate of drug-likeness (QED) is 0.429. The fourth-order valence-corrected chi connectivity index (χ4v) is 9.25. The summed E-state index contributed by atoms with van der Waals surface area (Å²) in [5.41, 5.74) is 6.26. The lowest BCUT2D eigenvalue weighted by Gasteiger charge is -2.61. The van der Waals surface area contributed by atoms with Crippen molar-refractivity contribution in [2.75, 3.05) is 44.2 Å². The van der Waals surface area contributed by atoms with Crippen LogP contribution in [0, 0.1) is 34.5 Å². The lowest BCUT2D eigenvalue weighted by molar-refractivity contribution is -0.185. The standard InChI is InChI=1S/C35H51N7O4/c1-22(46-19-23-10-6-4-7-11-23)27(33(45)40-14-8-5-9-15-40)29-35(21-42(29)32(44)25-16-34(25,2)3)20-41(18-26(35)30(36)43)31-28-24(12-13-37-31)17-38-39-28/h12-13,17,22-23,25-27,29H,4-11,14-16,18-21H2,1-3H3,(H2,36,43)(H,38,39)/t22-,25-,26?,27-,29?,35?/m1/s1. The number of H-pyrrole nitrogens is 1. The van der Waals surface area contributed by atoms with Crippen molar-refractivity contribution in [1.29, 1.82) is 0 Å². The average molecular weight is 634 g/mol. The van der Waals surface area contributed by atoms with Crippen LogP contribution in [0.1, 0.15) is 78.6 Å². The third kappa shape index (κ3) is 5.46. The number of carbonyl (C=O) groups is 3. The van der Waals surface area contributed by atoms with Crippen molar-refractivity contribution in [1.82, 2.24) is 25.0 Å². The van der Waals surface area contributed by atoms with E-state index in [1.807, 2.05) is 22.8 Å². The van der Waals surface area contributed by atoms with Gasteiger partial charge < -0.3 is 25.2 Å². The van der Waals surface area contributed by atoms with E-state index in [1.165, 1.54) is 19.3 Å². The third-order valence-electron chi connectivity index (χ3n) is 12.2. The van der Waals surface area contributed by atoms with Gasteiger partial charge in [0.2, 0.25) is 17.7 Å². The monoisotopic (exact) mass is 633 g/mol. The molecule has 5 aliphatic rings. The zero-order valence-corrected chi connectivity index (χ0v) is 27.7. The van der Waals surface area contributed by atoms with Gasteiger partial charge in [0.15, 0.2) is 5.82 Å². The summed E-state index contributed by atoms with van der Waals surface area (Å²) in [5, 5.41) is 8.24. The minimum absolute atomic E-state index is 0.0447. The molecule has 46 heavy (non-hydrogen) atoms. The van der Waals surface area contributed by atoms with Gasteiger partial charge in [0.05, 0.1) is 30.2 Å². The first-order chi connectivity index (χ1) is 22.1. The lowest BCUT2D eigenvalue weighted by atomic mass is 9.59. The molecule has 3 unspecified atom stereocenters. The molecule has 3 amide bonds. The summed E-state index contributed by atoms with van der Waals surface area (Å²) in [5.74, 6) is -0.302. The highest BCUT2D eigenvalue weighted by molar-refractivity contribution is 5.91. The second-order valence-electron chi connectivity index (χ2n) is 15.6. The maximum absolute atomic E-state index is 14.8. The van der Waals surface area contributed by atoms with Gasteiger partial charge in [-0.3, -0.25) is 19.5 Å². The molecule has 2 aliphatic carbocycles. The second-order valence-corrected chi connectivity index (χ2v) is 15.6. The third-order valence-corrected chi connectivity index (χ3v) is 12.2. The van der Waals surface area contributed by atoms with E-state index >= 15 is 0 Å². The maximum Gasteiger partial charge on any atom is 0.230 e. The normalized spacial score (nSPS) is 30.8. The number of nitrogens with two attached hydrogens (primary N) is 1. The van der Waals surface area contributed by atoms with Crippen molar-refractivity contribution in [3.63, 3.8) is 0 Å². The van der Waals surface area contributed by atoms with Crippen molar-refractivity contribution < 1.29 is 19.1 Å². The molecule has 3 aliphatic heterocycles. The van der Waals surface area contributed by atoms with Gasteiger partial charge in [-0.2, -0.15) is 5.10 Å². The molecule has 7 rings (SSSR count). The summed E-state index contributed by atoms with van der Waals surface area (Å²) in [6, 6.07) is 1.40. The van der Waals surface area contributed by atoms with Crippen LogP contribution < -0.4 is 10.6 Å². The first kappa shape index (κ1) is 31.4. The molecule has 0 aromatic carbocycles. The number of pyridine rings is 1. The fraction of sp³-hybridized carbons (Fsp3) is 0.743. The maximum atomic E-state index is 14.8. The van der Waals surface area contributed by atoms with Crippen LogP contribution in [-0.4, -0.2) is 94.2 Å². The molecule has 2 saturated carbocycles. The number of amides is 3. The molecule has 11 nitrogen and oxygen atoms in total. The van der Waals surface area contributed by atoms with Crippen LogP contribution in [0.2, 0.25) is 0 Å². The first-order valence-electron chi connectivity index (χ1n) is 17.6. The number of nitrogens with zero attached hydrogens (tertiary/aromatic N) is 5. The van der Waals surface area contributed by atoms with E-state index in [4.69, 9.17) is 15.5 Å². The number of primary amides is 1. The second kappa shape index (κ2) is 12.1. The summed E-state index contributed by atoms with van der Waals surface area (Å²) in [7, 11) is 0. The molecule has 5 fully saturated rings. The number of nitrogens with one attached hydrogen (secondary N) is 1. The van der Waals surface area contributed by atoms with Crippen LogP contribution in [0.3, 0.4) is 0 Å². The topological polar surface area (TPSA) is 138 Å². The highest BCUT2D eigenvalue weighted by Gasteiger charge is 2.69. The molecule has 2 aromatic rings. The van der Waals surface area contributed by atoms with E-state index in [0.717, 1.165) is 49.4 Å². The zero-order valence-electron chi connectivity index (χ0n) is 27.7. The van der Waals surface area contributed by atoms with E-state index < -0.39 is 35.3 Å². The molecule has 3 saturated heterocycles. The molecule has 11 heteroatoms. The fourth-order valence-electron chi connectivity index (χ4n) is 9.25. The summed E-state index contributed by atoms with van der Waals surface area (Å²) in [6.07, 6.45) is 13.0. The Morgan fingerprint density at radius 2 is 1.78 bits per heavy atom. The van der Waals surface area contributed by atoms with E-state index in [-0.39, 0.29) is 23.1 Å². The Morgan fingerprint density at radius 3 is 2.48 bits per heavy atom. The van der Waals surface area contributed by atoms with Crippen LogP contribution in [0.5, 0.6) is 0 Å². The molecular formula is C35H51N7O4.